The van der Waals surface area contributed by atoms with E-state index >= 15 is 0 Å². The first-order valence-electron chi connectivity index (χ1n) is 23.3. The van der Waals surface area contributed by atoms with Gasteiger partial charge in [0.1, 0.15) is 0 Å². The van der Waals surface area contributed by atoms with Gasteiger partial charge in [-0.15, -0.1) is 0 Å². The Labute approximate surface area is 396 Å². The molecule has 0 saturated heterocycles. The van der Waals surface area contributed by atoms with Crippen molar-refractivity contribution in [2.75, 3.05) is 0 Å². The van der Waals surface area contributed by atoms with Gasteiger partial charge in [-0.05, 0) is 70.8 Å². The van der Waals surface area contributed by atoms with Crippen molar-refractivity contribution in [1.82, 2.24) is 24.1 Å². The first-order chi connectivity index (χ1) is 34.2. The Morgan fingerprint density at radius 1 is 0.275 bits per heavy atom. The van der Waals surface area contributed by atoms with E-state index in [2.05, 4.69) is 203 Å². The zero-order valence-corrected chi connectivity index (χ0v) is 37.2. The molecule has 0 radical (unpaired) electrons. The van der Waals surface area contributed by atoms with E-state index in [9.17, 15) is 0 Å². The predicted octanol–water partition coefficient (Wildman–Crippen LogP) is 16.3. The molecule has 14 aromatic rings. The molecule has 0 bridgehead atoms. The molecule has 69 heavy (non-hydrogen) atoms. The highest BCUT2D eigenvalue weighted by molar-refractivity contribution is 6.26. The zero-order chi connectivity index (χ0) is 45.4. The molecule has 0 fully saturated rings. The van der Waals surface area contributed by atoms with Gasteiger partial charge in [0.25, 0.3) is 0 Å². The van der Waals surface area contributed by atoms with Crippen LogP contribution in [0.4, 0.5) is 0 Å². The summed E-state index contributed by atoms with van der Waals surface area (Å²) in [6.07, 6.45) is 0. The minimum atomic E-state index is 0.588. The number of fused-ring (bicyclic) bond motifs is 11. The maximum absolute atomic E-state index is 7.39. The summed E-state index contributed by atoms with van der Waals surface area (Å²) < 4.78 is 12.1. The third kappa shape index (κ3) is 6.23. The number of hydrogen-bond acceptors (Lipinski definition) is 4. The number of benzene rings is 10. The average Bonchev–Trinajstić information content (AvgIpc) is 4.10. The number of rotatable bonds is 7. The van der Waals surface area contributed by atoms with Crippen LogP contribution in [-0.2, 0) is 0 Å². The maximum Gasteiger partial charge on any atom is 0.164 e. The van der Waals surface area contributed by atoms with Crippen LogP contribution in [0.1, 0.15) is 0 Å². The van der Waals surface area contributed by atoms with E-state index in [0.29, 0.717) is 17.5 Å². The summed E-state index contributed by atoms with van der Waals surface area (Å²) in [6.45, 7) is 0. The molecule has 0 atom stereocenters. The van der Waals surface area contributed by atoms with Crippen molar-refractivity contribution in [2.24, 2.45) is 0 Å². The molecule has 0 amide bonds. The molecule has 322 valence electrons. The standard InChI is InChI=1S/C63H39N5O/c1-4-18-40(19-5-1)43-24-16-26-45(38-43)67-55-32-14-12-29-48(55)50-34-36-52-53-37-35-51-49-30-13-15-33-56(49)68(58(51)60(53)69-59(52)57(50)67)46-27-17-25-44(39-46)62-64-61(42-22-8-3-9-23-42)65-63(66-62)54-31-11-10-28-47(54)41-20-6-2-7-21-41/h1-39H. The molecule has 0 spiro atoms. The molecular formula is C63H39N5O. The van der Waals surface area contributed by atoms with Gasteiger partial charge in [0.15, 0.2) is 28.6 Å². The Bertz CT molecular complexity index is 4300. The van der Waals surface area contributed by atoms with Crippen molar-refractivity contribution >= 4 is 65.6 Å². The second-order valence-corrected chi connectivity index (χ2v) is 17.5. The molecule has 0 saturated carbocycles. The Kier molecular flexibility index (Phi) is 8.79. The normalized spacial score (nSPS) is 11.8. The smallest absolute Gasteiger partial charge is 0.164 e. The van der Waals surface area contributed by atoms with Gasteiger partial charge in [0.2, 0.25) is 0 Å². The Balaban J connectivity index is 0.997. The van der Waals surface area contributed by atoms with Crippen LogP contribution in [0.5, 0.6) is 0 Å². The Morgan fingerprint density at radius 3 is 1.29 bits per heavy atom. The van der Waals surface area contributed by atoms with Gasteiger partial charge in [-0.2, -0.15) is 0 Å². The van der Waals surface area contributed by atoms with E-state index in [0.717, 1.165) is 105 Å². The van der Waals surface area contributed by atoms with Gasteiger partial charge in [0, 0.05) is 60.4 Å². The lowest BCUT2D eigenvalue weighted by Crippen LogP contribution is -2.02. The highest BCUT2D eigenvalue weighted by Crippen LogP contribution is 2.45. The second kappa shape index (κ2) is 15.6. The Hall–Kier alpha value is -9.39. The molecule has 4 aromatic heterocycles. The molecule has 4 heterocycles. The fourth-order valence-corrected chi connectivity index (χ4v) is 10.5. The molecule has 14 rings (SSSR count). The topological polar surface area (TPSA) is 61.7 Å². The summed E-state index contributed by atoms with van der Waals surface area (Å²) in [5.41, 5.74) is 15.2. The van der Waals surface area contributed by atoms with E-state index in [1.807, 2.05) is 42.5 Å². The minimum Gasteiger partial charge on any atom is -0.452 e. The van der Waals surface area contributed by atoms with Gasteiger partial charge in [-0.25, -0.2) is 15.0 Å². The van der Waals surface area contributed by atoms with Gasteiger partial charge in [-0.1, -0.05) is 188 Å². The Morgan fingerprint density at radius 2 is 0.696 bits per heavy atom. The van der Waals surface area contributed by atoms with Crippen LogP contribution in [0.2, 0.25) is 0 Å². The lowest BCUT2D eigenvalue weighted by molar-refractivity contribution is 0.673. The summed E-state index contributed by atoms with van der Waals surface area (Å²) in [7, 11) is 0. The van der Waals surface area contributed by atoms with Crippen LogP contribution in [0.15, 0.2) is 241 Å². The molecule has 0 aliphatic rings. The fraction of sp³-hybridized carbons (Fsp3) is 0. The molecule has 0 aliphatic heterocycles. The van der Waals surface area contributed by atoms with Crippen molar-refractivity contribution in [3.63, 3.8) is 0 Å². The maximum atomic E-state index is 7.39. The van der Waals surface area contributed by atoms with Crippen molar-refractivity contribution in [3.8, 4) is 67.8 Å². The lowest BCUT2D eigenvalue weighted by atomic mass is 9.99. The molecular weight excluding hydrogens is 843 g/mol. The second-order valence-electron chi connectivity index (χ2n) is 17.5. The van der Waals surface area contributed by atoms with E-state index in [1.165, 1.54) is 10.9 Å². The highest BCUT2D eigenvalue weighted by Gasteiger charge is 2.24. The first kappa shape index (κ1) is 38.8. The van der Waals surface area contributed by atoms with Crippen LogP contribution in [0.25, 0.3) is 133 Å². The van der Waals surface area contributed by atoms with Gasteiger partial charge >= 0.3 is 0 Å². The third-order valence-electron chi connectivity index (χ3n) is 13.6. The summed E-state index contributed by atoms with van der Waals surface area (Å²) in [4.78, 5) is 15.6. The minimum absolute atomic E-state index is 0.588. The van der Waals surface area contributed by atoms with Crippen LogP contribution in [0.3, 0.4) is 0 Å². The van der Waals surface area contributed by atoms with Gasteiger partial charge in [0.05, 0.1) is 22.1 Å². The van der Waals surface area contributed by atoms with Crippen molar-refractivity contribution < 1.29 is 4.42 Å². The van der Waals surface area contributed by atoms with Gasteiger partial charge < -0.3 is 13.6 Å². The van der Waals surface area contributed by atoms with Crippen LogP contribution >= 0.6 is 0 Å². The number of para-hydroxylation sites is 2. The van der Waals surface area contributed by atoms with Crippen LogP contribution in [-0.4, -0.2) is 24.1 Å². The largest absolute Gasteiger partial charge is 0.452 e. The molecule has 0 unspecified atom stereocenters. The van der Waals surface area contributed by atoms with Crippen molar-refractivity contribution in [2.45, 2.75) is 0 Å². The van der Waals surface area contributed by atoms with E-state index in [1.54, 1.807) is 0 Å². The summed E-state index contributed by atoms with van der Waals surface area (Å²) in [5.74, 6) is 1.81. The number of nitrogens with zero attached hydrogens (tertiary/aromatic N) is 5. The average molecular weight is 882 g/mol. The van der Waals surface area contributed by atoms with Crippen molar-refractivity contribution in [1.29, 1.82) is 0 Å². The van der Waals surface area contributed by atoms with Gasteiger partial charge in [-0.3, -0.25) is 0 Å². The predicted molar refractivity (Wildman–Crippen MR) is 283 cm³/mol. The highest BCUT2D eigenvalue weighted by atomic mass is 16.3. The molecule has 0 aliphatic carbocycles. The van der Waals surface area contributed by atoms with E-state index in [-0.39, 0.29) is 0 Å². The first-order valence-corrected chi connectivity index (χ1v) is 23.3. The summed E-state index contributed by atoms with van der Waals surface area (Å²) in [6, 6.07) is 83.1. The SMILES string of the molecule is c1ccc(-c2cccc(-n3c4ccccc4c4ccc5c6ccc7c8ccccc8n(-c8cccc(-c9nc(-c%10ccccc%10)nc(-c%10ccccc%10-c%10ccccc%10)n9)c8)c7c6oc5c43)c2)cc1. The summed E-state index contributed by atoms with van der Waals surface area (Å²) >= 11 is 0. The number of aromatic nitrogens is 5. The molecule has 0 N–H and O–H groups in total. The molecule has 6 heteroatoms. The van der Waals surface area contributed by atoms with Crippen molar-refractivity contribution in [3.05, 3.63) is 237 Å². The fourth-order valence-electron chi connectivity index (χ4n) is 10.5. The molecule has 10 aromatic carbocycles. The summed E-state index contributed by atoms with van der Waals surface area (Å²) in [5, 5.41) is 6.70. The number of hydrogen-bond donors (Lipinski definition) is 0. The zero-order valence-electron chi connectivity index (χ0n) is 37.2. The quantitative estimate of drug-likeness (QED) is 0.160. The lowest BCUT2D eigenvalue weighted by Gasteiger charge is -2.13. The van der Waals surface area contributed by atoms with E-state index < -0.39 is 0 Å². The van der Waals surface area contributed by atoms with Crippen LogP contribution < -0.4 is 0 Å². The molecule has 6 nitrogen and oxygen atoms in total. The third-order valence-corrected chi connectivity index (χ3v) is 13.6. The van der Waals surface area contributed by atoms with E-state index in [4.69, 9.17) is 19.4 Å². The monoisotopic (exact) mass is 881 g/mol. The number of furan rings is 1. The van der Waals surface area contributed by atoms with Crippen LogP contribution in [0, 0.1) is 0 Å².